The van der Waals surface area contributed by atoms with Crippen LogP contribution in [0.4, 0.5) is 0 Å². The van der Waals surface area contributed by atoms with Crippen LogP contribution < -0.4 is 4.74 Å². The molecule has 1 amide bonds. The van der Waals surface area contributed by atoms with Crippen molar-refractivity contribution in [3.05, 3.63) is 52.9 Å². The first-order valence-electron chi connectivity index (χ1n) is 9.67. The van der Waals surface area contributed by atoms with Crippen LogP contribution in [0.3, 0.4) is 0 Å². The van der Waals surface area contributed by atoms with Gasteiger partial charge in [-0.1, -0.05) is 23.7 Å². The highest BCUT2D eigenvalue weighted by molar-refractivity contribution is 6.32. The number of hydrogen-bond donors (Lipinski definition) is 0. The largest absolute Gasteiger partial charge is 0.484 e. The second-order valence-electron chi connectivity index (χ2n) is 7.37. The number of furan rings is 1. The van der Waals surface area contributed by atoms with E-state index in [1.165, 1.54) is 19.4 Å². The van der Waals surface area contributed by atoms with Gasteiger partial charge in [-0.15, -0.1) is 0 Å². The topological polar surface area (TPSA) is 45.9 Å². The number of para-hydroxylation sites is 1. The van der Waals surface area contributed by atoms with Crippen LogP contribution in [0.5, 0.6) is 5.75 Å². The Morgan fingerprint density at radius 1 is 1.11 bits per heavy atom. The molecule has 2 fully saturated rings. The third-order valence-electron chi connectivity index (χ3n) is 5.17. The summed E-state index contributed by atoms with van der Waals surface area (Å²) in [7, 11) is 0. The Balaban J connectivity index is 1.32. The molecule has 2 aliphatic rings. The van der Waals surface area contributed by atoms with Crippen molar-refractivity contribution in [3.8, 4) is 5.75 Å². The standard InChI is InChI=1S/C21H25ClN2O3/c22-18-4-1-2-5-19(18)26-15-17-8-9-20(27-17)21(25)24-11-3-10-23(12-13-24)14-16-6-7-16/h1-2,4-5,8-9,16H,3,6-7,10-15H2. The molecule has 4 rings (SSSR count). The number of hydrogen-bond acceptors (Lipinski definition) is 4. The lowest BCUT2D eigenvalue weighted by Gasteiger charge is -2.21. The quantitative estimate of drug-likeness (QED) is 0.748. The summed E-state index contributed by atoms with van der Waals surface area (Å²) in [6.45, 7) is 5.00. The van der Waals surface area contributed by atoms with Crippen LogP contribution in [-0.4, -0.2) is 48.4 Å². The smallest absolute Gasteiger partial charge is 0.289 e. The maximum atomic E-state index is 12.8. The third-order valence-corrected chi connectivity index (χ3v) is 5.48. The second kappa shape index (κ2) is 8.36. The third kappa shape index (κ3) is 4.85. The minimum atomic E-state index is -0.0349. The van der Waals surface area contributed by atoms with Gasteiger partial charge in [-0.25, -0.2) is 0 Å². The van der Waals surface area contributed by atoms with E-state index in [-0.39, 0.29) is 12.5 Å². The van der Waals surface area contributed by atoms with E-state index in [4.69, 9.17) is 20.8 Å². The number of halogens is 1. The lowest BCUT2D eigenvalue weighted by atomic mass is 10.3. The Morgan fingerprint density at radius 3 is 2.78 bits per heavy atom. The highest BCUT2D eigenvalue weighted by atomic mass is 35.5. The molecule has 2 heterocycles. The number of rotatable bonds is 6. The number of ether oxygens (including phenoxy) is 1. The van der Waals surface area contributed by atoms with Crippen LogP contribution >= 0.6 is 11.6 Å². The van der Waals surface area contributed by atoms with Gasteiger partial charge in [0.15, 0.2) is 5.76 Å². The van der Waals surface area contributed by atoms with Gasteiger partial charge >= 0.3 is 0 Å². The van der Waals surface area contributed by atoms with Crippen molar-refractivity contribution in [2.75, 3.05) is 32.7 Å². The van der Waals surface area contributed by atoms with Crippen LogP contribution in [0.25, 0.3) is 0 Å². The molecule has 0 unspecified atom stereocenters. The Kier molecular flexibility index (Phi) is 5.69. The Bertz CT molecular complexity index is 787. The summed E-state index contributed by atoms with van der Waals surface area (Å²) in [4.78, 5) is 17.2. The van der Waals surface area contributed by atoms with E-state index < -0.39 is 0 Å². The fraction of sp³-hybridized carbons (Fsp3) is 0.476. The predicted octanol–water partition coefficient (Wildman–Crippen LogP) is 4.07. The summed E-state index contributed by atoms with van der Waals surface area (Å²) in [6, 6.07) is 10.8. The van der Waals surface area contributed by atoms with Crippen molar-refractivity contribution in [2.45, 2.75) is 25.9 Å². The SMILES string of the molecule is O=C(c1ccc(COc2ccccc2Cl)o1)N1CCCN(CC2CC2)CC1. The van der Waals surface area contributed by atoms with Crippen LogP contribution in [0.15, 0.2) is 40.8 Å². The summed E-state index contributed by atoms with van der Waals surface area (Å²) >= 11 is 6.09. The van der Waals surface area contributed by atoms with E-state index in [0.29, 0.717) is 22.3 Å². The number of carbonyl (C=O) groups excluding carboxylic acids is 1. The molecule has 0 atom stereocenters. The molecule has 1 aliphatic heterocycles. The first kappa shape index (κ1) is 18.4. The normalized spacial score (nSPS) is 18.3. The van der Waals surface area contributed by atoms with Gasteiger partial charge in [0.25, 0.3) is 5.91 Å². The summed E-state index contributed by atoms with van der Waals surface area (Å²) in [5.74, 6) is 2.45. The van der Waals surface area contributed by atoms with Crippen molar-refractivity contribution < 1.29 is 13.9 Å². The summed E-state index contributed by atoms with van der Waals surface area (Å²) in [5, 5.41) is 0.556. The molecule has 0 N–H and O–H groups in total. The van der Waals surface area contributed by atoms with E-state index in [1.807, 2.05) is 23.1 Å². The Hall–Kier alpha value is -1.98. The number of amides is 1. The van der Waals surface area contributed by atoms with Crippen molar-refractivity contribution in [2.24, 2.45) is 5.92 Å². The molecule has 0 bridgehead atoms. The maximum Gasteiger partial charge on any atom is 0.289 e. The van der Waals surface area contributed by atoms with Crippen LogP contribution in [0, 0.1) is 5.92 Å². The van der Waals surface area contributed by atoms with Gasteiger partial charge in [-0.05, 0) is 56.0 Å². The Morgan fingerprint density at radius 2 is 1.96 bits per heavy atom. The van der Waals surface area contributed by atoms with Crippen molar-refractivity contribution >= 4 is 17.5 Å². The van der Waals surface area contributed by atoms with Gasteiger partial charge in [0.2, 0.25) is 0 Å². The van der Waals surface area contributed by atoms with Gasteiger partial charge in [-0.2, -0.15) is 0 Å². The van der Waals surface area contributed by atoms with E-state index in [2.05, 4.69) is 4.90 Å². The van der Waals surface area contributed by atoms with Crippen LogP contribution in [-0.2, 0) is 6.61 Å². The van der Waals surface area contributed by atoms with Crippen molar-refractivity contribution in [3.63, 3.8) is 0 Å². The van der Waals surface area contributed by atoms with Gasteiger partial charge in [0.05, 0.1) is 5.02 Å². The van der Waals surface area contributed by atoms with E-state index in [9.17, 15) is 4.79 Å². The summed E-state index contributed by atoms with van der Waals surface area (Å²) in [5.41, 5.74) is 0. The van der Waals surface area contributed by atoms with Crippen LogP contribution in [0.2, 0.25) is 5.02 Å². The fourth-order valence-electron chi connectivity index (χ4n) is 3.46. The molecule has 0 spiro atoms. The first-order chi connectivity index (χ1) is 13.2. The molecule has 0 radical (unpaired) electrons. The minimum absolute atomic E-state index is 0.0349. The zero-order valence-electron chi connectivity index (χ0n) is 15.4. The van der Waals surface area contributed by atoms with Gasteiger partial charge in [0, 0.05) is 26.2 Å². The first-order valence-corrected chi connectivity index (χ1v) is 10.0. The summed E-state index contributed by atoms with van der Waals surface area (Å²) in [6.07, 6.45) is 3.75. The molecule has 1 aliphatic carbocycles. The molecule has 1 saturated heterocycles. The Labute approximate surface area is 164 Å². The molecule has 1 saturated carbocycles. The number of benzene rings is 1. The average Bonchev–Trinajstić information content (AvgIpc) is 3.42. The van der Waals surface area contributed by atoms with E-state index >= 15 is 0 Å². The molecule has 144 valence electrons. The molecular formula is C21H25ClN2O3. The van der Waals surface area contributed by atoms with E-state index in [0.717, 1.165) is 38.5 Å². The number of nitrogens with zero attached hydrogens (tertiary/aromatic N) is 2. The highest BCUT2D eigenvalue weighted by Gasteiger charge is 2.27. The van der Waals surface area contributed by atoms with Crippen LogP contribution in [0.1, 0.15) is 35.6 Å². The molecule has 1 aromatic carbocycles. The molecule has 2 aromatic rings. The molecule has 1 aromatic heterocycles. The second-order valence-corrected chi connectivity index (χ2v) is 7.78. The summed E-state index contributed by atoms with van der Waals surface area (Å²) < 4.78 is 11.4. The predicted molar refractivity (Wildman–Crippen MR) is 104 cm³/mol. The lowest BCUT2D eigenvalue weighted by molar-refractivity contribution is 0.0725. The monoisotopic (exact) mass is 388 g/mol. The zero-order valence-corrected chi connectivity index (χ0v) is 16.2. The van der Waals surface area contributed by atoms with Gasteiger partial charge in [0.1, 0.15) is 18.1 Å². The van der Waals surface area contributed by atoms with Gasteiger partial charge < -0.3 is 19.0 Å². The van der Waals surface area contributed by atoms with E-state index in [1.54, 1.807) is 18.2 Å². The molecular weight excluding hydrogens is 364 g/mol. The molecule has 6 heteroatoms. The molecule has 5 nitrogen and oxygen atoms in total. The average molecular weight is 389 g/mol. The number of carbonyl (C=O) groups is 1. The van der Waals surface area contributed by atoms with Crippen molar-refractivity contribution in [1.82, 2.24) is 9.80 Å². The van der Waals surface area contributed by atoms with Gasteiger partial charge in [-0.3, -0.25) is 4.79 Å². The highest BCUT2D eigenvalue weighted by Crippen LogP contribution is 2.30. The maximum absolute atomic E-state index is 12.8. The molecule has 27 heavy (non-hydrogen) atoms. The lowest BCUT2D eigenvalue weighted by Crippen LogP contribution is -2.35. The fourth-order valence-corrected chi connectivity index (χ4v) is 3.65. The minimum Gasteiger partial charge on any atom is -0.484 e. The zero-order chi connectivity index (χ0) is 18.6. The van der Waals surface area contributed by atoms with Crippen molar-refractivity contribution in [1.29, 1.82) is 0 Å².